The lowest BCUT2D eigenvalue weighted by molar-refractivity contribution is -0.108. The third-order valence-electron chi connectivity index (χ3n) is 7.13. The highest BCUT2D eigenvalue weighted by Gasteiger charge is 2.51. The van der Waals surface area contributed by atoms with E-state index >= 15 is 0 Å². The first-order valence-electron chi connectivity index (χ1n) is 11.3. The van der Waals surface area contributed by atoms with Crippen molar-refractivity contribution in [2.24, 2.45) is 23.5 Å². The smallest absolute Gasteiger partial charge is 0.123 e. The highest BCUT2D eigenvalue weighted by molar-refractivity contribution is 5.63. The van der Waals surface area contributed by atoms with Gasteiger partial charge in [0.2, 0.25) is 0 Å². The second-order valence-corrected chi connectivity index (χ2v) is 9.23. The summed E-state index contributed by atoms with van der Waals surface area (Å²) in [5.41, 5.74) is 7.88. The topological polar surface area (TPSA) is 76.2 Å². The molecule has 1 aromatic carbocycles. The van der Waals surface area contributed by atoms with Gasteiger partial charge >= 0.3 is 0 Å². The second kappa shape index (κ2) is 9.41. The third kappa shape index (κ3) is 4.94. The molecule has 0 aliphatic heterocycles. The van der Waals surface area contributed by atoms with Crippen LogP contribution in [-0.4, -0.2) is 28.0 Å². The maximum atomic E-state index is 13.5. The Hall–Kier alpha value is -2.37. The molecule has 5 heteroatoms. The number of halogens is 1. The number of carbonyl (C=O) groups excluding carboxylic acids is 1. The van der Waals surface area contributed by atoms with Crippen LogP contribution in [0.25, 0.3) is 17.2 Å². The largest absolute Gasteiger partial charge is 0.389 e. The summed E-state index contributed by atoms with van der Waals surface area (Å²) in [5.74, 6) is 0.631. The number of nitrogens with zero attached hydrogens (tertiary/aromatic N) is 1. The molecule has 3 N–H and O–H groups in total. The molecule has 0 spiro atoms. The highest BCUT2D eigenvalue weighted by Crippen LogP contribution is 2.53. The Kier molecular flexibility index (Phi) is 6.63. The molecule has 5 atom stereocenters. The van der Waals surface area contributed by atoms with Gasteiger partial charge in [-0.05, 0) is 80.2 Å². The van der Waals surface area contributed by atoms with Crippen molar-refractivity contribution in [2.75, 3.05) is 0 Å². The van der Waals surface area contributed by atoms with Gasteiger partial charge < -0.3 is 15.6 Å². The minimum atomic E-state index is -0.791. The number of rotatable bonds is 7. The number of pyridine rings is 1. The monoisotopic (exact) mass is 422 g/mol. The number of fused-ring (bicyclic) bond motifs is 1. The minimum absolute atomic E-state index is 0.0429. The summed E-state index contributed by atoms with van der Waals surface area (Å²) < 4.78 is 13.5. The molecule has 2 fully saturated rings. The number of carbonyl (C=O) groups is 1. The van der Waals surface area contributed by atoms with Crippen LogP contribution in [0.1, 0.15) is 50.6 Å². The van der Waals surface area contributed by atoms with Crippen molar-refractivity contribution in [2.45, 2.75) is 56.6 Å². The summed E-state index contributed by atoms with van der Waals surface area (Å²) >= 11 is 0. The van der Waals surface area contributed by atoms with Crippen LogP contribution in [0.3, 0.4) is 0 Å². The van der Waals surface area contributed by atoms with Crippen LogP contribution in [0.5, 0.6) is 0 Å². The van der Waals surface area contributed by atoms with Crippen molar-refractivity contribution >= 4 is 12.4 Å². The quantitative estimate of drug-likeness (QED) is 0.498. The van der Waals surface area contributed by atoms with Gasteiger partial charge in [0.05, 0.1) is 11.3 Å². The van der Waals surface area contributed by atoms with Crippen LogP contribution >= 0.6 is 0 Å². The van der Waals surface area contributed by atoms with Crippen LogP contribution in [0.4, 0.5) is 4.39 Å². The van der Waals surface area contributed by atoms with Gasteiger partial charge in [0.25, 0.3) is 0 Å². The Balaban J connectivity index is 1.52. The third-order valence-corrected chi connectivity index (χ3v) is 7.13. The maximum Gasteiger partial charge on any atom is 0.123 e. The first-order chi connectivity index (χ1) is 15.0. The van der Waals surface area contributed by atoms with Crippen molar-refractivity contribution in [3.63, 3.8) is 0 Å². The van der Waals surface area contributed by atoms with Gasteiger partial charge in [-0.25, -0.2) is 4.39 Å². The lowest BCUT2D eigenvalue weighted by Crippen LogP contribution is -2.35. The van der Waals surface area contributed by atoms with Crippen LogP contribution in [0, 0.1) is 23.6 Å². The van der Waals surface area contributed by atoms with E-state index in [1.165, 1.54) is 12.1 Å². The van der Waals surface area contributed by atoms with Gasteiger partial charge in [-0.2, -0.15) is 0 Å². The van der Waals surface area contributed by atoms with E-state index in [0.29, 0.717) is 31.1 Å². The summed E-state index contributed by atoms with van der Waals surface area (Å²) in [4.78, 5) is 15.3. The molecule has 2 aromatic rings. The van der Waals surface area contributed by atoms with Crippen LogP contribution in [0.2, 0.25) is 0 Å². The van der Waals surface area contributed by atoms with Crippen molar-refractivity contribution in [1.29, 1.82) is 0 Å². The molecule has 5 unspecified atom stereocenters. The normalized spacial score (nSPS) is 30.4. The van der Waals surface area contributed by atoms with Gasteiger partial charge in [-0.1, -0.05) is 24.3 Å². The van der Waals surface area contributed by atoms with E-state index in [-0.39, 0.29) is 17.8 Å². The average molecular weight is 423 g/mol. The van der Waals surface area contributed by atoms with E-state index in [9.17, 15) is 14.3 Å². The predicted molar refractivity (Wildman–Crippen MR) is 120 cm³/mol. The van der Waals surface area contributed by atoms with Crippen molar-refractivity contribution in [3.8, 4) is 11.1 Å². The number of benzene rings is 1. The van der Waals surface area contributed by atoms with E-state index in [1.54, 1.807) is 12.3 Å². The van der Waals surface area contributed by atoms with Gasteiger partial charge in [0, 0.05) is 30.1 Å². The standard InChI is InChI=1S/C26H31FN2O2/c27-21-5-3-4-18(14-21)19-6-8-23(29-17-19)9-11-25-24-10-7-22(28)15-20(24)16-26(25,31)12-1-2-13-30/h3-6,8-9,11,13-14,17,20,22,24-25,31H,1-2,7,10,12,15-16,28H2/b11-9+. The van der Waals surface area contributed by atoms with E-state index in [0.717, 1.165) is 48.8 Å². The molecular weight excluding hydrogens is 391 g/mol. The second-order valence-electron chi connectivity index (χ2n) is 9.23. The molecule has 0 radical (unpaired) electrons. The first-order valence-corrected chi connectivity index (χ1v) is 11.3. The first kappa shape index (κ1) is 21.8. The van der Waals surface area contributed by atoms with Crippen molar-refractivity contribution in [1.82, 2.24) is 4.98 Å². The lowest BCUT2D eigenvalue weighted by atomic mass is 9.75. The molecule has 1 heterocycles. The molecule has 0 saturated heterocycles. The number of unbranched alkanes of at least 4 members (excludes halogenated alkanes) is 1. The van der Waals surface area contributed by atoms with Gasteiger partial charge in [0.15, 0.2) is 0 Å². The molecule has 164 valence electrons. The summed E-state index contributed by atoms with van der Waals surface area (Å²) in [7, 11) is 0. The molecule has 0 amide bonds. The Labute approximate surface area is 183 Å². The van der Waals surface area contributed by atoms with Crippen molar-refractivity contribution < 1.29 is 14.3 Å². The maximum absolute atomic E-state index is 13.5. The van der Waals surface area contributed by atoms with E-state index in [2.05, 4.69) is 11.1 Å². The molecule has 31 heavy (non-hydrogen) atoms. The fraction of sp³-hybridized carbons (Fsp3) is 0.462. The van der Waals surface area contributed by atoms with Gasteiger partial charge in [-0.3, -0.25) is 4.98 Å². The minimum Gasteiger partial charge on any atom is -0.389 e. The molecule has 2 aliphatic carbocycles. The van der Waals surface area contributed by atoms with E-state index in [4.69, 9.17) is 5.73 Å². The van der Waals surface area contributed by atoms with Crippen LogP contribution < -0.4 is 5.73 Å². The SMILES string of the molecule is NC1CCC2C(C1)CC(O)(CCCC=O)C2/C=C/c1ccc(-c2cccc(F)c2)cn1. The number of hydrogen-bond acceptors (Lipinski definition) is 4. The molecule has 4 nitrogen and oxygen atoms in total. The number of aliphatic hydroxyl groups is 1. The average Bonchev–Trinajstić information content (AvgIpc) is 3.03. The molecular formula is C26H31FN2O2. The predicted octanol–water partition coefficient (Wildman–Crippen LogP) is 4.76. The Bertz CT molecular complexity index is 929. The highest BCUT2D eigenvalue weighted by atomic mass is 19.1. The zero-order valence-corrected chi connectivity index (χ0v) is 17.8. The zero-order valence-electron chi connectivity index (χ0n) is 17.8. The molecule has 2 aliphatic rings. The molecule has 4 rings (SSSR count). The zero-order chi connectivity index (χ0) is 21.8. The van der Waals surface area contributed by atoms with Gasteiger partial charge in [0.1, 0.15) is 12.1 Å². The number of aromatic nitrogens is 1. The number of aldehydes is 1. The molecule has 0 bridgehead atoms. The van der Waals surface area contributed by atoms with E-state index < -0.39 is 5.60 Å². The summed E-state index contributed by atoms with van der Waals surface area (Å²) in [6, 6.07) is 10.6. The number of nitrogens with two attached hydrogens (primary N) is 1. The summed E-state index contributed by atoms with van der Waals surface area (Å²) in [5, 5.41) is 11.5. The fourth-order valence-corrected chi connectivity index (χ4v) is 5.65. The summed E-state index contributed by atoms with van der Waals surface area (Å²) in [6.07, 6.45) is 12.4. The number of hydrogen-bond donors (Lipinski definition) is 2. The van der Waals surface area contributed by atoms with Gasteiger partial charge in [-0.15, -0.1) is 0 Å². The van der Waals surface area contributed by atoms with Crippen LogP contribution in [-0.2, 0) is 4.79 Å². The molecule has 2 saturated carbocycles. The Morgan fingerprint density at radius 3 is 2.84 bits per heavy atom. The Morgan fingerprint density at radius 1 is 1.23 bits per heavy atom. The van der Waals surface area contributed by atoms with Crippen molar-refractivity contribution in [3.05, 3.63) is 60.2 Å². The lowest BCUT2D eigenvalue weighted by Gasteiger charge is -2.33. The fourth-order valence-electron chi connectivity index (χ4n) is 5.65. The summed E-state index contributed by atoms with van der Waals surface area (Å²) in [6.45, 7) is 0. The van der Waals surface area contributed by atoms with Crippen LogP contribution in [0.15, 0.2) is 48.7 Å². The van der Waals surface area contributed by atoms with E-state index in [1.807, 2.05) is 24.3 Å². The molecule has 1 aromatic heterocycles. The Morgan fingerprint density at radius 2 is 2.10 bits per heavy atom.